The summed E-state index contributed by atoms with van der Waals surface area (Å²) < 4.78 is 42.6. The number of amides is 2. The third-order valence-corrected chi connectivity index (χ3v) is 8.11. The minimum absolute atomic E-state index is 0.0174. The molecule has 5 rings (SSSR count). The van der Waals surface area contributed by atoms with Gasteiger partial charge in [-0.3, -0.25) is 0 Å². The summed E-state index contributed by atoms with van der Waals surface area (Å²) in [6.45, 7) is 4.95. The van der Waals surface area contributed by atoms with Crippen molar-refractivity contribution >= 4 is 28.6 Å². The molecule has 0 bridgehead atoms. The van der Waals surface area contributed by atoms with E-state index in [0.29, 0.717) is 11.5 Å². The van der Waals surface area contributed by atoms with Crippen molar-refractivity contribution in [1.82, 2.24) is 20.1 Å². The molecule has 1 aliphatic heterocycles. The molecule has 1 unspecified atom stereocenters. The average molecular weight is 623 g/mol. The van der Waals surface area contributed by atoms with E-state index in [4.69, 9.17) is 0 Å². The van der Waals surface area contributed by atoms with Gasteiger partial charge in [0.1, 0.15) is 12.1 Å². The molecule has 1 aliphatic rings. The molecule has 8 nitrogen and oxygen atoms in total. The Hall–Kier alpha value is -4.32. The molecule has 1 N–H and O–H groups in total. The Balaban J connectivity index is 1.09. The normalized spacial score (nSPS) is 15.0. The molecule has 12 heteroatoms. The highest BCUT2D eigenvalue weighted by atomic mass is 32.2. The van der Waals surface area contributed by atoms with E-state index in [9.17, 15) is 18.0 Å². The van der Waals surface area contributed by atoms with E-state index in [2.05, 4.69) is 49.1 Å². The predicted octanol–water partition coefficient (Wildman–Crippen LogP) is 7.43. The van der Waals surface area contributed by atoms with Crippen LogP contribution in [0.25, 0.3) is 17.1 Å². The summed E-state index contributed by atoms with van der Waals surface area (Å²) in [6, 6.07) is 21.3. The molecule has 3 aromatic carbocycles. The lowest BCUT2D eigenvalue weighted by molar-refractivity contribution is -0.274. The van der Waals surface area contributed by atoms with E-state index in [1.165, 1.54) is 40.8 Å². The first-order chi connectivity index (χ1) is 21.2. The van der Waals surface area contributed by atoms with Gasteiger partial charge in [-0.15, -0.1) is 18.3 Å². The van der Waals surface area contributed by atoms with E-state index in [1.807, 2.05) is 43.3 Å². The van der Waals surface area contributed by atoms with Gasteiger partial charge >= 0.3 is 12.4 Å². The Morgan fingerprint density at radius 3 is 2.57 bits per heavy atom. The van der Waals surface area contributed by atoms with Crippen LogP contribution < -0.4 is 15.0 Å². The maximum absolute atomic E-state index is 12.7. The highest BCUT2D eigenvalue weighted by Crippen LogP contribution is 2.29. The number of hydrogen-bond acceptors (Lipinski definition) is 5. The maximum atomic E-state index is 12.7. The number of nitrogens with one attached hydrogen (secondary N) is 1. The van der Waals surface area contributed by atoms with Crippen molar-refractivity contribution in [1.29, 1.82) is 0 Å². The number of hydrogen-bond donors (Lipinski definition) is 1. The number of ether oxygens (including phenoxy) is 1. The first-order valence-corrected chi connectivity index (χ1v) is 15.4. The molecule has 230 valence electrons. The number of thioether (sulfide) groups is 1. The highest BCUT2D eigenvalue weighted by Gasteiger charge is 2.31. The van der Waals surface area contributed by atoms with Gasteiger partial charge < -0.3 is 15.0 Å². The van der Waals surface area contributed by atoms with Gasteiger partial charge in [0.15, 0.2) is 11.0 Å². The summed E-state index contributed by atoms with van der Waals surface area (Å²) in [5.74, 6) is 1.10. The van der Waals surface area contributed by atoms with Gasteiger partial charge in [-0.25, -0.2) is 14.5 Å². The van der Waals surface area contributed by atoms with Crippen LogP contribution in [-0.4, -0.2) is 50.7 Å². The summed E-state index contributed by atoms with van der Waals surface area (Å²) in [6.07, 6.45) is 0.242. The van der Waals surface area contributed by atoms with Crippen molar-refractivity contribution in [2.24, 2.45) is 4.99 Å². The summed E-state index contributed by atoms with van der Waals surface area (Å²) in [5, 5.41) is 8.20. The lowest BCUT2D eigenvalue weighted by Gasteiger charge is -2.21. The third kappa shape index (κ3) is 8.19. The van der Waals surface area contributed by atoms with Crippen LogP contribution in [-0.2, 0) is 12.8 Å². The van der Waals surface area contributed by atoms with Gasteiger partial charge in [-0.1, -0.05) is 61.2 Å². The summed E-state index contributed by atoms with van der Waals surface area (Å²) in [7, 11) is 0. The van der Waals surface area contributed by atoms with Gasteiger partial charge in [-0.2, -0.15) is 4.99 Å². The van der Waals surface area contributed by atoms with Crippen LogP contribution in [0.1, 0.15) is 37.8 Å². The lowest BCUT2D eigenvalue weighted by atomic mass is 10.0. The number of anilines is 1. The van der Waals surface area contributed by atoms with Crippen LogP contribution in [0.2, 0.25) is 0 Å². The molecule has 0 radical (unpaired) electrons. The Bertz CT molecular complexity index is 1590. The molecule has 1 saturated heterocycles. The largest absolute Gasteiger partial charge is 0.573 e. The van der Waals surface area contributed by atoms with Crippen molar-refractivity contribution in [3.05, 3.63) is 90.3 Å². The molecule has 0 aliphatic carbocycles. The fourth-order valence-corrected chi connectivity index (χ4v) is 5.90. The van der Waals surface area contributed by atoms with Crippen LogP contribution in [0.4, 0.5) is 23.7 Å². The van der Waals surface area contributed by atoms with E-state index in [-0.39, 0.29) is 17.8 Å². The second-order valence-electron chi connectivity index (χ2n) is 10.4. The van der Waals surface area contributed by atoms with E-state index in [1.54, 1.807) is 11.8 Å². The molecule has 0 saturated carbocycles. The third-order valence-electron chi connectivity index (χ3n) is 7.15. The molecule has 2 amide bonds. The topological polar surface area (TPSA) is 84.6 Å². The number of carbonyl (C=O) groups excluding carboxylic acids is 1. The Morgan fingerprint density at radius 1 is 1.09 bits per heavy atom. The molecular weight excluding hydrogens is 589 g/mol. The van der Waals surface area contributed by atoms with Crippen molar-refractivity contribution in [2.45, 2.75) is 51.9 Å². The van der Waals surface area contributed by atoms with Gasteiger partial charge in [0, 0.05) is 29.6 Å². The van der Waals surface area contributed by atoms with Gasteiger partial charge in [-0.05, 0) is 74.1 Å². The zero-order valence-corrected chi connectivity index (χ0v) is 25.2. The van der Waals surface area contributed by atoms with E-state index >= 15 is 0 Å². The monoisotopic (exact) mass is 622 g/mol. The molecule has 44 heavy (non-hydrogen) atoms. The Morgan fingerprint density at radius 2 is 1.84 bits per heavy atom. The molecule has 2 heterocycles. The van der Waals surface area contributed by atoms with Gasteiger partial charge in [0.2, 0.25) is 0 Å². The summed E-state index contributed by atoms with van der Waals surface area (Å²) in [5.41, 5.74) is 4.89. The Kier molecular flexibility index (Phi) is 9.89. The highest BCUT2D eigenvalue weighted by molar-refractivity contribution is 8.14. The van der Waals surface area contributed by atoms with Crippen molar-refractivity contribution in [2.75, 3.05) is 17.2 Å². The molecule has 1 fully saturated rings. The number of carbonyl (C=O) groups is 1. The first-order valence-electron chi connectivity index (χ1n) is 14.4. The number of alkyl halides is 3. The van der Waals surface area contributed by atoms with Crippen molar-refractivity contribution in [3.8, 4) is 22.8 Å². The number of rotatable bonds is 10. The smallest absolute Gasteiger partial charge is 0.406 e. The van der Waals surface area contributed by atoms with E-state index < -0.39 is 6.36 Å². The minimum atomic E-state index is -4.74. The number of halogens is 3. The van der Waals surface area contributed by atoms with Gasteiger partial charge in [0.25, 0.3) is 0 Å². The Labute approximate surface area is 258 Å². The van der Waals surface area contributed by atoms with Crippen LogP contribution in [0.15, 0.2) is 84.1 Å². The predicted molar refractivity (Wildman–Crippen MR) is 167 cm³/mol. The summed E-state index contributed by atoms with van der Waals surface area (Å²) in [4.78, 5) is 23.6. The average Bonchev–Trinajstić information content (AvgIpc) is 3.67. The minimum Gasteiger partial charge on any atom is -0.406 e. The number of aliphatic imine (C=N–C) groups is 1. The first kappa shape index (κ1) is 31.1. The number of para-hydroxylation sites is 1. The van der Waals surface area contributed by atoms with E-state index in [0.717, 1.165) is 60.0 Å². The van der Waals surface area contributed by atoms with Crippen LogP contribution in [0.3, 0.4) is 0 Å². The quantitative estimate of drug-likeness (QED) is 0.198. The molecule has 1 atom stereocenters. The molecule has 0 spiro atoms. The molecule has 4 aromatic rings. The molecule has 1 aromatic heterocycles. The fourth-order valence-electron chi connectivity index (χ4n) is 4.95. The summed E-state index contributed by atoms with van der Waals surface area (Å²) >= 11 is 1.60. The zero-order valence-electron chi connectivity index (χ0n) is 24.4. The lowest BCUT2D eigenvalue weighted by Crippen LogP contribution is -2.33. The number of nitrogens with zero attached hydrogens (tertiary/aromatic N) is 5. The van der Waals surface area contributed by atoms with Gasteiger partial charge in [0.05, 0.1) is 5.69 Å². The number of aryl methyl sites for hydroxylation is 2. The fraction of sp³-hybridized carbons (Fsp3) is 0.312. The second kappa shape index (κ2) is 14.0. The maximum Gasteiger partial charge on any atom is 0.573 e. The zero-order chi connectivity index (χ0) is 31.1. The van der Waals surface area contributed by atoms with Crippen LogP contribution >= 0.6 is 11.8 Å². The van der Waals surface area contributed by atoms with Crippen LogP contribution in [0.5, 0.6) is 5.75 Å². The number of amidine groups is 1. The van der Waals surface area contributed by atoms with Crippen molar-refractivity contribution < 1.29 is 22.7 Å². The second-order valence-corrected chi connectivity index (χ2v) is 11.4. The SMILES string of the molecule is CCc1ccccc1N1CCSC1=NC(=O)NC(C)CCCc1ccc(-c2ncn(-c3ccc(OC(F)(F)F)cc3)n2)cc1. The number of urea groups is 1. The van der Waals surface area contributed by atoms with Crippen LogP contribution in [0, 0.1) is 0 Å². The standard InChI is InChI=1S/C32H33F3N6O2S/c1-3-24-9-4-5-10-28(24)40-19-20-44-31(40)38-30(42)37-22(2)7-6-8-23-11-13-25(14-12-23)29-36-21-41(39-29)26-15-17-27(18-16-26)43-32(33,34)35/h4-5,9-18,21-22H,3,6-8,19-20H2,1-2H3,(H,37,42). The molecular formula is C32H33F3N6O2S. The number of benzene rings is 3. The number of aromatic nitrogens is 3. The van der Waals surface area contributed by atoms with Crippen molar-refractivity contribution in [3.63, 3.8) is 0 Å².